The van der Waals surface area contributed by atoms with E-state index in [1.54, 1.807) is 25.1 Å². The average molecular weight is 272 g/mol. The lowest BCUT2D eigenvalue weighted by Crippen LogP contribution is -2.26. The highest BCUT2D eigenvalue weighted by atomic mass is 35.5. The predicted molar refractivity (Wildman–Crippen MR) is 72.3 cm³/mol. The van der Waals surface area contributed by atoms with Crippen LogP contribution in [0.3, 0.4) is 0 Å². The molecule has 0 spiro atoms. The second kappa shape index (κ2) is 6.61. The number of hydrogen-bond donors (Lipinski definition) is 1. The zero-order valence-corrected chi connectivity index (χ0v) is 11.7. The van der Waals surface area contributed by atoms with Crippen molar-refractivity contribution in [2.75, 3.05) is 12.4 Å². The molecule has 100 valence electrons. The fraction of sp³-hybridized carbons (Fsp3) is 0.462. The fourth-order valence-electron chi connectivity index (χ4n) is 1.28. The lowest BCUT2D eigenvalue weighted by Gasteiger charge is -2.14. The minimum atomic E-state index is -0.504. The molecule has 0 bridgehead atoms. The van der Waals surface area contributed by atoms with Crippen LogP contribution < -0.4 is 10.1 Å². The maximum Gasteiger partial charge on any atom is 0.253 e. The average Bonchev–Trinajstić information content (AvgIpc) is 2.31. The highest BCUT2D eigenvalue weighted by molar-refractivity contribution is 6.32. The molecule has 0 radical (unpaired) electrons. The van der Waals surface area contributed by atoms with Crippen LogP contribution in [0.5, 0.6) is 5.75 Å². The SMILES string of the molecule is COC(C)C(=O)Nc1ccc(OC(C)C)c(Cl)c1. The summed E-state index contributed by atoms with van der Waals surface area (Å²) >= 11 is 6.06. The second-order valence-electron chi connectivity index (χ2n) is 4.18. The second-order valence-corrected chi connectivity index (χ2v) is 4.59. The van der Waals surface area contributed by atoms with Crippen molar-refractivity contribution in [3.8, 4) is 5.75 Å². The summed E-state index contributed by atoms with van der Waals surface area (Å²) in [5.74, 6) is 0.385. The smallest absolute Gasteiger partial charge is 0.253 e. The van der Waals surface area contributed by atoms with Gasteiger partial charge < -0.3 is 14.8 Å². The number of amides is 1. The molecule has 18 heavy (non-hydrogen) atoms. The molecular formula is C13H18ClNO3. The Bertz CT molecular complexity index is 421. The molecule has 0 fully saturated rings. The van der Waals surface area contributed by atoms with Gasteiger partial charge in [-0.2, -0.15) is 0 Å². The van der Waals surface area contributed by atoms with Crippen molar-refractivity contribution in [2.24, 2.45) is 0 Å². The summed E-state index contributed by atoms with van der Waals surface area (Å²) < 4.78 is 10.4. The molecule has 1 amide bonds. The number of benzene rings is 1. The summed E-state index contributed by atoms with van der Waals surface area (Å²) in [7, 11) is 1.48. The number of rotatable bonds is 5. The Morgan fingerprint density at radius 3 is 2.50 bits per heavy atom. The first kappa shape index (κ1) is 14.8. The number of ether oxygens (including phenoxy) is 2. The van der Waals surface area contributed by atoms with Crippen LogP contribution in [0.25, 0.3) is 0 Å². The van der Waals surface area contributed by atoms with E-state index in [0.29, 0.717) is 16.5 Å². The lowest BCUT2D eigenvalue weighted by molar-refractivity contribution is -0.124. The number of carbonyl (C=O) groups excluding carboxylic acids is 1. The number of nitrogens with one attached hydrogen (secondary N) is 1. The van der Waals surface area contributed by atoms with Crippen LogP contribution in [0.1, 0.15) is 20.8 Å². The summed E-state index contributed by atoms with van der Waals surface area (Å²) in [4.78, 5) is 11.6. The van der Waals surface area contributed by atoms with E-state index < -0.39 is 6.10 Å². The Balaban J connectivity index is 2.75. The highest BCUT2D eigenvalue weighted by Gasteiger charge is 2.12. The van der Waals surface area contributed by atoms with Crippen molar-refractivity contribution in [1.82, 2.24) is 0 Å². The van der Waals surface area contributed by atoms with Crippen LogP contribution >= 0.6 is 11.6 Å². The van der Waals surface area contributed by atoms with E-state index in [1.807, 2.05) is 13.8 Å². The van der Waals surface area contributed by atoms with Gasteiger partial charge in [-0.25, -0.2) is 0 Å². The first-order valence-electron chi connectivity index (χ1n) is 5.74. The number of hydrogen-bond acceptors (Lipinski definition) is 3. The molecule has 0 aliphatic rings. The molecule has 0 aromatic heterocycles. The van der Waals surface area contributed by atoms with Crippen molar-refractivity contribution in [1.29, 1.82) is 0 Å². The van der Waals surface area contributed by atoms with Gasteiger partial charge in [0.2, 0.25) is 0 Å². The van der Waals surface area contributed by atoms with E-state index in [9.17, 15) is 4.79 Å². The zero-order valence-electron chi connectivity index (χ0n) is 11.0. The third-order valence-corrected chi connectivity index (χ3v) is 2.58. The van der Waals surface area contributed by atoms with E-state index in [2.05, 4.69) is 5.32 Å². The van der Waals surface area contributed by atoms with Crippen molar-refractivity contribution in [2.45, 2.75) is 33.0 Å². The molecule has 0 aliphatic heterocycles. The third-order valence-electron chi connectivity index (χ3n) is 2.28. The predicted octanol–water partition coefficient (Wildman–Crippen LogP) is 3.10. The van der Waals surface area contributed by atoms with Gasteiger partial charge >= 0.3 is 0 Å². The highest BCUT2D eigenvalue weighted by Crippen LogP contribution is 2.28. The van der Waals surface area contributed by atoms with Crippen LogP contribution in [0.15, 0.2) is 18.2 Å². The maximum atomic E-state index is 11.6. The van der Waals surface area contributed by atoms with Crippen molar-refractivity contribution in [3.05, 3.63) is 23.2 Å². The molecule has 0 saturated heterocycles. The van der Waals surface area contributed by atoms with Gasteiger partial charge in [-0.3, -0.25) is 4.79 Å². The van der Waals surface area contributed by atoms with Crippen molar-refractivity contribution < 1.29 is 14.3 Å². The summed E-state index contributed by atoms with van der Waals surface area (Å²) in [5.41, 5.74) is 0.616. The summed E-state index contributed by atoms with van der Waals surface area (Å²) in [6.45, 7) is 5.52. The standard InChI is InChI=1S/C13H18ClNO3/c1-8(2)18-12-6-5-10(7-11(12)14)15-13(16)9(3)17-4/h5-9H,1-4H3,(H,15,16). The van der Waals surface area contributed by atoms with Crippen molar-refractivity contribution in [3.63, 3.8) is 0 Å². The number of carbonyl (C=O) groups is 1. The fourth-order valence-corrected chi connectivity index (χ4v) is 1.50. The monoisotopic (exact) mass is 271 g/mol. The molecule has 0 heterocycles. The quantitative estimate of drug-likeness (QED) is 0.895. The molecule has 1 aromatic rings. The Labute approximate surface area is 112 Å². The number of methoxy groups -OCH3 is 1. The van der Waals surface area contributed by atoms with E-state index in [-0.39, 0.29) is 12.0 Å². The normalized spacial score (nSPS) is 12.3. The molecule has 1 atom stereocenters. The topological polar surface area (TPSA) is 47.6 Å². The van der Waals surface area contributed by atoms with Gasteiger partial charge in [0, 0.05) is 12.8 Å². The first-order valence-corrected chi connectivity index (χ1v) is 6.11. The molecule has 1 unspecified atom stereocenters. The van der Waals surface area contributed by atoms with E-state index in [1.165, 1.54) is 7.11 Å². The Hall–Kier alpha value is -1.26. The molecule has 0 saturated carbocycles. The molecule has 1 aromatic carbocycles. The Kier molecular flexibility index (Phi) is 5.44. The largest absolute Gasteiger partial charge is 0.489 e. The zero-order chi connectivity index (χ0) is 13.7. The van der Waals surface area contributed by atoms with Gasteiger partial charge in [-0.05, 0) is 39.0 Å². The van der Waals surface area contributed by atoms with Crippen LogP contribution in [-0.4, -0.2) is 25.2 Å². The number of halogens is 1. The van der Waals surface area contributed by atoms with Crippen LogP contribution in [-0.2, 0) is 9.53 Å². The van der Waals surface area contributed by atoms with E-state index >= 15 is 0 Å². The minimum Gasteiger partial charge on any atom is -0.489 e. The van der Waals surface area contributed by atoms with Crippen LogP contribution in [0.4, 0.5) is 5.69 Å². The molecule has 5 heteroatoms. The van der Waals surface area contributed by atoms with Gasteiger partial charge in [0.25, 0.3) is 5.91 Å². The molecule has 0 aliphatic carbocycles. The summed E-state index contributed by atoms with van der Waals surface area (Å²) in [6, 6.07) is 5.12. The van der Waals surface area contributed by atoms with Crippen LogP contribution in [0, 0.1) is 0 Å². The minimum absolute atomic E-state index is 0.0523. The summed E-state index contributed by atoms with van der Waals surface area (Å²) in [6.07, 6.45) is -0.452. The third kappa shape index (κ3) is 4.20. The van der Waals surface area contributed by atoms with Gasteiger partial charge in [0.15, 0.2) is 0 Å². The number of anilines is 1. The maximum absolute atomic E-state index is 11.6. The molecule has 1 N–H and O–H groups in total. The van der Waals surface area contributed by atoms with E-state index in [4.69, 9.17) is 21.1 Å². The van der Waals surface area contributed by atoms with E-state index in [0.717, 1.165) is 0 Å². The molecule has 1 rings (SSSR count). The van der Waals surface area contributed by atoms with Gasteiger partial charge in [-0.1, -0.05) is 11.6 Å². The van der Waals surface area contributed by atoms with Crippen LogP contribution in [0.2, 0.25) is 5.02 Å². The lowest BCUT2D eigenvalue weighted by atomic mass is 10.2. The summed E-state index contributed by atoms with van der Waals surface area (Å²) in [5, 5.41) is 3.17. The van der Waals surface area contributed by atoms with Gasteiger partial charge in [0.05, 0.1) is 11.1 Å². The van der Waals surface area contributed by atoms with Gasteiger partial charge in [0.1, 0.15) is 11.9 Å². The Morgan fingerprint density at radius 2 is 2.00 bits per heavy atom. The first-order chi connectivity index (χ1) is 8.43. The molecular weight excluding hydrogens is 254 g/mol. The van der Waals surface area contributed by atoms with Gasteiger partial charge in [-0.15, -0.1) is 0 Å². The molecule has 4 nitrogen and oxygen atoms in total. The van der Waals surface area contributed by atoms with Crippen molar-refractivity contribution >= 4 is 23.2 Å². The Morgan fingerprint density at radius 1 is 1.33 bits per heavy atom.